The molecule has 2 amide bonds. The van der Waals surface area contributed by atoms with Crippen molar-refractivity contribution in [2.24, 2.45) is 7.05 Å². The summed E-state index contributed by atoms with van der Waals surface area (Å²) < 4.78 is 8.94. The van der Waals surface area contributed by atoms with Gasteiger partial charge in [0.1, 0.15) is 11.5 Å². The molecule has 0 atom stereocenters. The number of fused-ring (bicyclic) bond motifs is 1. The second-order valence-corrected chi connectivity index (χ2v) is 11.8. The van der Waals surface area contributed by atoms with Gasteiger partial charge in [-0.3, -0.25) is 9.69 Å². The molecule has 1 fully saturated rings. The molecule has 216 valence electrons. The number of aromatic nitrogens is 3. The van der Waals surface area contributed by atoms with Gasteiger partial charge >= 0.3 is 6.09 Å². The van der Waals surface area contributed by atoms with Crippen molar-refractivity contribution in [3.05, 3.63) is 77.1 Å². The van der Waals surface area contributed by atoms with E-state index in [2.05, 4.69) is 37.1 Å². The highest BCUT2D eigenvalue weighted by molar-refractivity contribution is 6.06. The highest BCUT2D eigenvalue weighted by atomic mass is 16.6. The summed E-state index contributed by atoms with van der Waals surface area (Å²) in [6, 6.07) is 18.2. The molecule has 1 N–H and O–H groups in total. The van der Waals surface area contributed by atoms with Crippen LogP contribution in [0.25, 0.3) is 16.6 Å². The molecule has 0 radical (unpaired) electrons. The van der Waals surface area contributed by atoms with Gasteiger partial charge < -0.3 is 19.5 Å². The molecule has 2 aromatic carbocycles. The number of hydrogen-bond acceptors (Lipinski definition) is 5. The van der Waals surface area contributed by atoms with Crippen LogP contribution >= 0.6 is 0 Å². The number of amides is 2. The number of ether oxygens (including phenoxy) is 1. The number of carbonyl (C=O) groups is 2. The Morgan fingerprint density at radius 1 is 1.00 bits per heavy atom. The van der Waals surface area contributed by atoms with Crippen LogP contribution in [0, 0.1) is 6.92 Å². The van der Waals surface area contributed by atoms with Crippen molar-refractivity contribution in [1.82, 2.24) is 24.1 Å². The third kappa shape index (κ3) is 6.00. The van der Waals surface area contributed by atoms with Crippen LogP contribution in [0.1, 0.15) is 55.0 Å². The molecule has 9 nitrogen and oxygen atoms in total. The highest BCUT2D eigenvalue weighted by Crippen LogP contribution is 2.28. The van der Waals surface area contributed by atoms with Gasteiger partial charge in [0, 0.05) is 56.6 Å². The molecule has 1 saturated heterocycles. The average molecular weight is 557 g/mol. The number of rotatable bonds is 6. The largest absolute Gasteiger partial charge is 0.450 e. The molecular weight excluding hydrogens is 516 g/mol. The van der Waals surface area contributed by atoms with Gasteiger partial charge in [0.15, 0.2) is 0 Å². The molecule has 1 aliphatic heterocycles. The lowest BCUT2D eigenvalue weighted by molar-refractivity contribution is 0.0779. The van der Waals surface area contributed by atoms with E-state index in [1.54, 1.807) is 4.90 Å². The van der Waals surface area contributed by atoms with E-state index in [1.807, 2.05) is 78.7 Å². The van der Waals surface area contributed by atoms with E-state index in [1.165, 1.54) is 0 Å². The van der Waals surface area contributed by atoms with Gasteiger partial charge in [-0.2, -0.15) is 5.10 Å². The number of benzene rings is 2. The Kier molecular flexibility index (Phi) is 7.91. The SMILES string of the molecule is CCOC(=O)N1CCN(Cc2cccc3cc(C(=O)Nc4cc(C(C)(C)C)nn4-c4ccc(C)cc4)n(C)c23)CC1. The molecule has 0 aliphatic carbocycles. The van der Waals surface area contributed by atoms with Gasteiger partial charge in [0.05, 0.1) is 23.5 Å². The minimum atomic E-state index is -0.245. The van der Waals surface area contributed by atoms with Gasteiger partial charge in [-0.05, 0) is 37.6 Å². The summed E-state index contributed by atoms with van der Waals surface area (Å²) >= 11 is 0. The summed E-state index contributed by atoms with van der Waals surface area (Å²) in [4.78, 5) is 29.9. The van der Waals surface area contributed by atoms with Crippen LogP contribution in [0.3, 0.4) is 0 Å². The third-order valence-electron chi connectivity index (χ3n) is 7.66. The molecule has 2 aromatic heterocycles. The highest BCUT2D eigenvalue weighted by Gasteiger charge is 2.25. The predicted octanol–water partition coefficient (Wildman–Crippen LogP) is 5.50. The predicted molar refractivity (Wildman–Crippen MR) is 162 cm³/mol. The molecule has 0 bridgehead atoms. The Labute approximate surface area is 241 Å². The smallest absolute Gasteiger partial charge is 0.409 e. The molecule has 9 heteroatoms. The van der Waals surface area contributed by atoms with E-state index in [9.17, 15) is 9.59 Å². The molecule has 0 unspecified atom stereocenters. The number of nitrogens with one attached hydrogen (secondary N) is 1. The first-order chi connectivity index (χ1) is 19.5. The van der Waals surface area contributed by atoms with Gasteiger partial charge in [-0.15, -0.1) is 0 Å². The summed E-state index contributed by atoms with van der Waals surface area (Å²) in [7, 11) is 1.94. The van der Waals surface area contributed by atoms with Crippen LogP contribution in [0.15, 0.2) is 54.6 Å². The molecule has 4 aromatic rings. The molecule has 0 spiro atoms. The van der Waals surface area contributed by atoms with E-state index < -0.39 is 0 Å². The number of aryl methyl sites for hydroxylation is 2. The number of piperazine rings is 1. The fourth-order valence-electron chi connectivity index (χ4n) is 5.29. The van der Waals surface area contributed by atoms with Crippen molar-refractivity contribution < 1.29 is 14.3 Å². The van der Waals surface area contributed by atoms with Crippen molar-refractivity contribution in [2.45, 2.75) is 46.6 Å². The summed E-state index contributed by atoms with van der Waals surface area (Å²) in [5, 5.41) is 9.01. The zero-order valence-electron chi connectivity index (χ0n) is 24.9. The normalized spacial score (nSPS) is 14.4. The van der Waals surface area contributed by atoms with Gasteiger partial charge in [0.25, 0.3) is 5.91 Å². The summed E-state index contributed by atoms with van der Waals surface area (Å²) in [5.74, 6) is 0.445. The molecule has 1 aliphatic rings. The maximum atomic E-state index is 13.7. The van der Waals surface area contributed by atoms with Crippen molar-refractivity contribution >= 4 is 28.7 Å². The Morgan fingerprint density at radius 3 is 2.37 bits per heavy atom. The number of nitrogens with zero attached hydrogens (tertiary/aromatic N) is 5. The zero-order chi connectivity index (χ0) is 29.3. The van der Waals surface area contributed by atoms with Crippen LogP contribution in [0.5, 0.6) is 0 Å². The fraction of sp³-hybridized carbons (Fsp3) is 0.406. The Bertz CT molecular complexity index is 1550. The van der Waals surface area contributed by atoms with E-state index in [-0.39, 0.29) is 17.4 Å². The third-order valence-corrected chi connectivity index (χ3v) is 7.66. The standard InChI is InChI=1S/C32H40N6O3/c1-7-41-31(40)37-17-15-36(16-18-37)21-24-10-8-9-23-19-26(35(6)29(23)24)30(39)33-28-20-27(32(3,4)5)34-38(28)25-13-11-22(2)12-14-25/h8-14,19-20H,7,15-18,21H2,1-6H3,(H,33,39). The minimum Gasteiger partial charge on any atom is -0.450 e. The monoisotopic (exact) mass is 556 g/mol. The van der Waals surface area contributed by atoms with E-state index in [0.717, 1.165) is 53.0 Å². The molecule has 41 heavy (non-hydrogen) atoms. The van der Waals surface area contributed by atoms with Crippen LogP contribution in [-0.2, 0) is 23.7 Å². The summed E-state index contributed by atoms with van der Waals surface area (Å²) in [6.45, 7) is 14.2. The van der Waals surface area contributed by atoms with Crippen molar-refractivity contribution in [1.29, 1.82) is 0 Å². The lowest BCUT2D eigenvalue weighted by Gasteiger charge is -2.34. The van der Waals surface area contributed by atoms with Gasteiger partial charge in [-0.1, -0.05) is 56.7 Å². The summed E-state index contributed by atoms with van der Waals surface area (Å²) in [6.07, 6.45) is -0.245. The Morgan fingerprint density at radius 2 is 1.71 bits per heavy atom. The molecular formula is C32H40N6O3. The topological polar surface area (TPSA) is 84.6 Å². The van der Waals surface area contributed by atoms with Crippen molar-refractivity contribution in [2.75, 3.05) is 38.1 Å². The van der Waals surface area contributed by atoms with E-state index in [0.29, 0.717) is 31.2 Å². The van der Waals surface area contributed by atoms with Crippen LogP contribution in [-0.4, -0.2) is 68.9 Å². The van der Waals surface area contributed by atoms with Crippen molar-refractivity contribution in [3.8, 4) is 5.69 Å². The zero-order valence-corrected chi connectivity index (χ0v) is 24.9. The summed E-state index contributed by atoms with van der Waals surface area (Å²) in [5.41, 5.74) is 5.54. The first kappa shape index (κ1) is 28.4. The lowest BCUT2D eigenvalue weighted by Crippen LogP contribution is -2.48. The lowest BCUT2D eigenvalue weighted by atomic mass is 9.92. The van der Waals surface area contributed by atoms with Crippen LogP contribution < -0.4 is 5.32 Å². The maximum Gasteiger partial charge on any atom is 0.409 e. The van der Waals surface area contributed by atoms with Gasteiger partial charge in [0.2, 0.25) is 0 Å². The number of hydrogen-bond donors (Lipinski definition) is 1. The first-order valence-corrected chi connectivity index (χ1v) is 14.3. The number of anilines is 1. The molecule has 3 heterocycles. The Hall–Kier alpha value is -4.11. The maximum absolute atomic E-state index is 13.7. The van der Waals surface area contributed by atoms with Crippen LogP contribution in [0.2, 0.25) is 0 Å². The minimum absolute atomic E-state index is 0.175. The Balaban J connectivity index is 1.39. The fourth-order valence-corrected chi connectivity index (χ4v) is 5.29. The first-order valence-electron chi connectivity index (χ1n) is 14.3. The molecule has 5 rings (SSSR count). The van der Waals surface area contributed by atoms with Crippen LogP contribution in [0.4, 0.5) is 10.6 Å². The average Bonchev–Trinajstić information content (AvgIpc) is 3.51. The van der Waals surface area contributed by atoms with Crippen molar-refractivity contribution in [3.63, 3.8) is 0 Å². The quantitative estimate of drug-likeness (QED) is 0.339. The molecule has 0 saturated carbocycles. The number of carbonyl (C=O) groups excluding carboxylic acids is 2. The second kappa shape index (κ2) is 11.4. The second-order valence-electron chi connectivity index (χ2n) is 11.8. The number of para-hydroxylation sites is 1. The van der Waals surface area contributed by atoms with E-state index in [4.69, 9.17) is 9.84 Å². The van der Waals surface area contributed by atoms with Gasteiger partial charge in [-0.25, -0.2) is 9.48 Å². The van der Waals surface area contributed by atoms with E-state index >= 15 is 0 Å².